The molecule has 4 aliphatic carbocycles. The molecule has 222 valence electrons. The molecule has 0 saturated heterocycles. The Morgan fingerprint density at radius 1 is 0.825 bits per heavy atom. The van der Waals surface area contributed by atoms with Crippen LogP contribution < -0.4 is 0 Å². The lowest BCUT2D eigenvalue weighted by Gasteiger charge is -2.61. The normalized spacial score (nSPS) is 37.0. The van der Waals surface area contributed by atoms with E-state index in [1.54, 1.807) is 0 Å². The zero-order valence-electron chi connectivity index (χ0n) is 25.8. The highest BCUT2D eigenvalue weighted by atomic mass is 32.2. The van der Waals surface area contributed by atoms with Gasteiger partial charge < -0.3 is 5.11 Å². The van der Waals surface area contributed by atoms with Crippen LogP contribution in [0, 0.1) is 34.5 Å². The van der Waals surface area contributed by atoms with Crippen molar-refractivity contribution in [2.24, 2.45) is 34.5 Å². The Kier molecular flexibility index (Phi) is 9.93. The summed E-state index contributed by atoms with van der Waals surface area (Å²) in [6, 6.07) is 10.8. The first-order valence-corrected chi connectivity index (χ1v) is 17.9. The fourth-order valence-corrected chi connectivity index (χ4v) is 10.6. The molecule has 0 aliphatic heterocycles. The lowest BCUT2D eigenvalue weighted by Crippen LogP contribution is -2.56. The standard InChI is InChI=1S/C37H56O2S/c1-35-22-19-30(38)27-29(35)26-28(34-32(35)20-23-36(2)33(34)21-24-37(36,3)39)16-12-9-7-5-4-6-8-10-15-25-40-31-17-13-11-14-18-31/h11,13-14,17-18,27-28,32-34,39H,4-10,12,15-16,19-26H2,1-3H3/t28?,32-,33+,34-,35+,36+,37?/m1/s1. The number of allylic oxidation sites excluding steroid dienone is 1. The van der Waals surface area contributed by atoms with E-state index in [9.17, 15) is 9.90 Å². The lowest BCUT2D eigenvalue weighted by atomic mass is 9.44. The predicted molar refractivity (Wildman–Crippen MR) is 170 cm³/mol. The van der Waals surface area contributed by atoms with Crippen LogP contribution in [-0.2, 0) is 4.79 Å². The van der Waals surface area contributed by atoms with Gasteiger partial charge in [-0.3, -0.25) is 4.79 Å². The van der Waals surface area contributed by atoms with E-state index in [-0.39, 0.29) is 10.8 Å². The molecule has 40 heavy (non-hydrogen) atoms. The molecule has 0 heterocycles. The first-order valence-electron chi connectivity index (χ1n) is 16.9. The summed E-state index contributed by atoms with van der Waals surface area (Å²) in [5.74, 6) is 4.38. The number of carbonyl (C=O) groups excluding carboxylic acids is 1. The Morgan fingerprint density at radius 3 is 2.20 bits per heavy atom. The van der Waals surface area contributed by atoms with E-state index >= 15 is 0 Å². The fourth-order valence-electron chi connectivity index (χ4n) is 9.70. The van der Waals surface area contributed by atoms with Gasteiger partial charge in [0.05, 0.1) is 5.60 Å². The molecule has 5 rings (SSSR count). The zero-order valence-corrected chi connectivity index (χ0v) is 26.6. The maximum Gasteiger partial charge on any atom is 0.155 e. The molecule has 0 bridgehead atoms. The molecule has 1 aromatic carbocycles. The number of ketones is 1. The van der Waals surface area contributed by atoms with Crippen LogP contribution in [0.25, 0.3) is 0 Å². The third-order valence-electron chi connectivity index (χ3n) is 12.4. The molecular formula is C37H56O2S. The van der Waals surface area contributed by atoms with Crippen LogP contribution in [0.5, 0.6) is 0 Å². The van der Waals surface area contributed by atoms with Crippen molar-refractivity contribution in [3.05, 3.63) is 42.0 Å². The van der Waals surface area contributed by atoms with E-state index in [1.165, 1.54) is 93.3 Å². The Bertz CT molecular complexity index is 1010. The van der Waals surface area contributed by atoms with Crippen LogP contribution >= 0.6 is 11.8 Å². The number of rotatable bonds is 13. The zero-order chi connectivity index (χ0) is 28.2. The highest BCUT2D eigenvalue weighted by Crippen LogP contribution is 2.69. The second kappa shape index (κ2) is 13.1. The predicted octanol–water partition coefficient (Wildman–Crippen LogP) is 10.2. The summed E-state index contributed by atoms with van der Waals surface area (Å²) in [5.41, 5.74) is 1.25. The number of aliphatic hydroxyl groups is 1. The van der Waals surface area contributed by atoms with Crippen LogP contribution in [0.15, 0.2) is 46.9 Å². The van der Waals surface area contributed by atoms with Crippen molar-refractivity contribution in [2.75, 3.05) is 5.75 Å². The third kappa shape index (κ3) is 6.31. The van der Waals surface area contributed by atoms with Gasteiger partial charge in [-0.1, -0.05) is 89.0 Å². The molecule has 2 unspecified atom stereocenters. The van der Waals surface area contributed by atoms with Crippen molar-refractivity contribution in [3.63, 3.8) is 0 Å². The minimum Gasteiger partial charge on any atom is -0.390 e. The lowest BCUT2D eigenvalue weighted by molar-refractivity contribution is -0.135. The molecule has 0 amide bonds. The SMILES string of the molecule is CC1(O)CC[C@H]2[C@@H]3C(CCCCCCCCCCCSc4ccccc4)CC4=CC(=O)CC[C@]4(C)[C@@H]3CC[C@@]21C. The van der Waals surface area contributed by atoms with Crippen LogP contribution in [0.1, 0.15) is 130 Å². The molecule has 0 spiro atoms. The summed E-state index contributed by atoms with van der Waals surface area (Å²) < 4.78 is 0. The van der Waals surface area contributed by atoms with Gasteiger partial charge in [-0.25, -0.2) is 0 Å². The molecule has 3 saturated carbocycles. The summed E-state index contributed by atoms with van der Waals surface area (Å²) in [4.78, 5) is 13.9. The van der Waals surface area contributed by atoms with Crippen molar-refractivity contribution in [2.45, 2.75) is 140 Å². The van der Waals surface area contributed by atoms with E-state index < -0.39 is 5.60 Å². The molecule has 3 fully saturated rings. The van der Waals surface area contributed by atoms with Crippen molar-refractivity contribution in [1.29, 1.82) is 0 Å². The molecule has 7 atom stereocenters. The first-order chi connectivity index (χ1) is 19.2. The molecule has 1 N–H and O–H groups in total. The third-order valence-corrected chi connectivity index (χ3v) is 13.5. The average molecular weight is 565 g/mol. The summed E-state index contributed by atoms with van der Waals surface area (Å²) in [6.45, 7) is 7.04. The number of thioether (sulfide) groups is 1. The second-order valence-corrected chi connectivity index (χ2v) is 15.9. The van der Waals surface area contributed by atoms with Gasteiger partial charge in [-0.05, 0) is 117 Å². The Balaban J connectivity index is 1.06. The monoisotopic (exact) mass is 564 g/mol. The molecule has 4 aliphatic rings. The minimum absolute atomic E-state index is 0.0642. The van der Waals surface area contributed by atoms with Crippen molar-refractivity contribution in [3.8, 4) is 0 Å². The van der Waals surface area contributed by atoms with Gasteiger partial charge in [0.25, 0.3) is 0 Å². The van der Waals surface area contributed by atoms with Crippen molar-refractivity contribution in [1.82, 2.24) is 0 Å². The van der Waals surface area contributed by atoms with Gasteiger partial charge in [0.1, 0.15) is 0 Å². The number of hydrogen-bond acceptors (Lipinski definition) is 3. The Morgan fingerprint density at radius 2 is 1.48 bits per heavy atom. The molecule has 0 aromatic heterocycles. The van der Waals surface area contributed by atoms with Crippen LogP contribution in [0.2, 0.25) is 0 Å². The summed E-state index contributed by atoms with van der Waals surface area (Å²) >= 11 is 1.99. The average Bonchev–Trinajstić information content (AvgIpc) is 3.19. The number of carbonyl (C=O) groups is 1. The van der Waals surface area contributed by atoms with Gasteiger partial charge in [-0.15, -0.1) is 11.8 Å². The van der Waals surface area contributed by atoms with E-state index in [4.69, 9.17) is 0 Å². The van der Waals surface area contributed by atoms with Crippen LogP contribution in [0.3, 0.4) is 0 Å². The maximum atomic E-state index is 12.5. The van der Waals surface area contributed by atoms with Gasteiger partial charge in [0.2, 0.25) is 0 Å². The van der Waals surface area contributed by atoms with E-state index in [0.29, 0.717) is 23.5 Å². The summed E-state index contributed by atoms with van der Waals surface area (Å²) in [5, 5.41) is 11.4. The summed E-state index contributed by atoms with van der Waals surface area (Å²) in [7, 11) is 0. The largest absolute Gasteiger partial charge is 0.390 e. The molecule has 1 aromatic rings. The number of benzene rings is 1. The van der Waals surface area contributed by atoms with Gasteiger partial charge in [0.15, 0.2) is 5.78 Å². The molecule has 3 heteroatoms. The molecule has 0 radical (unpaired) electrons. The number of hydrogen-bond donors (Lipinski definition) is 1. The Labute approximate surface area is 249 Å². The summed E-state index contributed by atoms with van der Waals surface area (Å²) in [6.07, 6.45) is 23.2. The van der Waals surface area contributed by atoms with Crippen molar-refractivity contribution >= 4 is 17.5 Å². The molecular weight excluding hydrogens is 508 g/mol. The Hall–Kier alpha value is -1.06. The quantitative estimate of drug-likeness (QED) is 0.191. The smallest absolute Gasteiger partial charge is 0.155 e. The maximum absolute atomic E-state index is 12.5. The van der Waals surface area contributed by atoms with E-state index in [2.05, 4.69) is 57.2 Å². The minimum atomic E-state index is -0.520. The highest BCUT2D eigenvalue weighted by molar-refractivity contribution is 7.99. The van der Waals surface area contributed by atoms with Gasteiger partial charge >= 0.3 is 0 Å². The van der Waals surface area contributed by atoms with Crippen molar-refractivity contribution < 1.29 is 9.90 Å². The fraction of sp³-hybridized carbons (Fsp3) is 0.757. The number of fused-ring (bicyclic) bond motifs is 5. The van der Waals surface area contributed by atoms with Gasteiger partial charge in [-0.2, -0.15) is 0 Å². The second-order valence-electron chi connectivity index (χ2n) is 14.7. The van der Waals surface area contributed by atoms with E-state index in [1.807, 2.05) is 11.8 Å². The van der Waals surface area contributed by atoms with E-state index in [0.717, 1.165) is 38.0 Å². The van der Waals surface area contributed by atoms with Gasteiger partial charge in [0, 0.05) is 11.3 Å². The number of unbranched alkanes of at least 4 members (excludes halogenated alkanes) is 8. The first kappa shape index (κ1) is 30.4. The van der Waals surface area contributed by atoms with Crippen LogP contribution in [-0.4, -0.2) is 22.2 Å². The topological polar surface area (TPSA) is 37.3 Å². The molecule has 2 nitrogen and oxygen atoms in total. The van der Waals surface area contributed by atoms with Crippen LogP contribution in [0.4, 0.5) is 0 Å². The highest BCUT2D eigenvalue weighted by Gasteiger charge is 2.64.